The molecule has 0 spiro atoms. The van der Waals surface area contributed by atoms with Crippen molar-refractivity contribution in [2.75, 3.05) is 31.1 Å². The molecule has 0 aliphatic carbocycles. The molecule has 114 valence electrons. The van der Waals surface area contributed by atoms with Crippen molar-refractivity contribution in [2.24, 2.45) is 0 Å². The molecular weight excluding hydrogens is 280 g/mol. The molecule has 1 aromatic carbocycles. The standard InChI is InChI=1S/C17H18N2O3/c20-16-6-2-1-5-15(16)18-9-11-19(12-10-18)17(21)8-7-14-4-3-13-22-14/h1-8,13,20H,9-12H2. The van der Waals surface area contributed by atoms with Gasteiger partial charge in [0.15, 0.2) is 0 Å². The van der Waals surface area contributed by atoms with Crippen molar-refractivity contribution in [1.82, 2.24) is 4.90 Å². The molecule has 0 radical (unpaired) electrons. The fraction of sp³-hybridized carbons (Fsp3) is 0.235. The first kappa shape index (κ1) is 14.3. The second-order valence-corrected chi connectivity index (χ2v) is 5.15. The van der Waals surface area contributed by atoms with E-state index < -0.39 is 0 Å². The molecule has 1 aromatic heterocycles. The molecular formula is C17H18N2O3. The van der Waals surface area contributed by atoms with E-state index in [1.807, 2.05) is 12.1 Å². The maximum atomic E-state index is 12.1. The Balaban J connectivity index is 1.57. The van der Waals surface area contributed by atoms with Crippen LogP contribution in [0.25, 0.3) is 6.08 Å². The third-order valence-corrected chi connectivity index (χ3v) is 3.75. The van der Waals surface area contributed by atoms with Gasteiger partial charge >= 0.3 is 0 Å². The summed E-state index contributed by atoms with van der Waals surface area (Å²) in [6.45, 7) is 2.68. The molecule has 5 nitrogen and oxygen atoms in total. The molecule has 0 unspecified atom stereocenters. The quantitative estimate of drug-likeness (QED) is 0.884. The average molecular weight is 298 g/mol. The smallest absolute Gasteiger partial charge is 0.246 e. The highest BCUT2D eigenvalue weighted by Gasteiger charge is 2.21. The van der Waals surface area contributed by atoms with Gasteiger partial charge in [-0.2, -0.15) is 0 Å². The van der Waals surface area contributed by atoms with Gasteiger partial charge in [0.25, 0.3) is 0 Å². The van der Waals surface area contributed by atoms with Crippen LogP contribution in [0, 0.1) is 0 Å². The number of rotatable bonds is 3. The van der Waals surface area contributed by atoms with Crippen molar-refractivity contribution >= 4 is 17.7 Å². The molecule has 22 heavy (non-hydrogen) atoms. The number of anilines is 1. The van der Waals surface area contributed by atoms with Gasteiger partial charge in [-0.15, -0.1) is 0 Å². The summed E-state index contributed by atoms with van der Waals surface area (Å²) in [4.78, 5) is 16.0. The first-order valence-electron chi connectivity index (χ1n) is 7.27. The molecule has 1 saturated heterocycles. The molecule has 5 heteroatoms. The molecule has 1 aliphatic heterocycles. The zero-order chi connectivity index (χ0) is 15.4. The van der Waals surface area contributed by atoms with Gasteiger partial charge in [0, 0.05) is 32.3 Å². The van der Waals surface area contributed by atoms with Crippen molar-refractivity contribution in [2.45, 2.75) is 0 Å². The van der Waals surface area contributed by atoms with Crippen LogP contribution in [0.5, 0.6) is 5.75 Å². The van der Waals surface area contributed by atoms with E-state index in [9.17, 15) is 9.90 Å². The normalized spacial score (nSPS) is 15.5. The third kappa shape index (κ3) is 3.14. The van der Waals surface area contributed by atoms with Crippen LogP contribution in [-0.4, -0.2) is 42.1 Å². The fourth-order valence-corrected chi connectivity index (χ4v) is 2.54. The van der Waals surface area contributed by atoms with Gasteiger partial charge in [-0.3, -0.25) is 4.79 Å². The van der Waals surface area contributed by atoms with Crippen molar-refractivity contribution in [3.8, 4) is 5.75 Å². The number of para-hydroxylation sites is 2. The largest absolute Gasteiger partial charge is 0.506 e. The Morgan fingerprint density at radius 3 is 2.55 bits per heavy atom. The van der Waals surface area contributed by atoms with Gasteiger partial charge in [-0.05, 0) is 30.3 Å². The predicted molar refractivity (Wildman–Crippen MR) is 84.6 cm³/mol. The summed E-state index contributed by atoms with van der Waals surface area (Å²) in [7, 11) is 0. The fourth-order valence-electron chi connectivity index (χ4n) is 2.54. The summed E-state index contributed by atoms with van der Waals surface area (Å²) >= 11 is 0. The number of phenols is 1. The molecule has 0 bridgehead atoms. The van der Waals surface area contributed by atoms with E-state index in [1.54, 1.807) is 41.5 Å². The molecule has 0 atom stereocenters. The first-order valence-corrected chi connectivity index (χ1v) is 7.27. The molecule has 1 amide bonds. The molecule has 1 fully saturated rings. The summed E-state index contributed by atoms with van der Waals surface area (Å²) in [5.74, 6) is 0.925. The zero-order valence-corrected chi connectivity index (χ0v) is 12.2. The van der Waals surface area contributed by atoms with Crippen LogP contribution in [0.4, 0.5) is 5.69 Å². The minimum Gasteiger partial charge on any atom is -0.506 e. The van der Waals surface area contributed by atoms with Gasteiger partial charge < -0.3 is 19.3 Å². The van der Waals surface area contributed by atoms with E-state index in [1.165, 1.54) is 6.08 Å². The number of amides is 1. The van der Waals surface area contributed by atoms with Gasteiger partial charge in [0.05, 0.1) is 12.0 Å². The minimum atomic E-state index is -0.0201. The summed E-state index contributed by atoms with van der Waals surface area (Å²) in [5.41, 5.74) is 0.820. The van der Waals surface area contributed by atoms with E-state index in [0.29, 0.717) is 31.9 Å². The second kappa shape index (κ2) is 6.39. The van der Waals surface area contributed by atoms with Gasteiger partial charge in [-0.25, -0.2) is 0 Å². The number of nitrogens with zero attached hydrogens (tertiary/aromatic N) is 2. The number of aromatic hydroxyl groups is 1. The monoisotopic (exact) mass is 298 g/mol. The molecule has 0 saturated carbocycles. The first-order chi connectivity index (χ1) is 10.7. The van der Waals surface area contributed by atoms with Crippen LogP contribution < -0.4 is 4.90 Å². The lowest BCUT2D eigenvalue weighted by atomic mass is 10.2. The topological polar surface area (TPSA) is 56.9 Å². The number of furan rings is 1. The van der Waals surface area contributed by atoms with Crippen molar-refractivity contribution in [3.63, 3.8) is 0 Å². The maximum Gasteiger partial charge on any atom is 0.246 e. The van der Waals surface area contributed by atoms with Crippen molar-refractivity contribution < 1.29 is 14.3 Å². The lowest BCUT2D eigenvalue weighted by Gasteiger charge is -2.35. The highest BCUT2D eigenvalue weighted by atomic mass is 16.3. The van der Waals surface area contributed by atoms with Crippen LogP contribution in [0.3, 0.4) is 0 Å². The lowest BCUT2D eigenvalue weighted by molar-refractivity contribution is -0.126. The number of piperazine rings is 1. The van der Waals surface area contributed by atoms with E-state index in [4.69, 9.17) is 4.42 Å². The Morgan fingerprint density at radius 2 is 1.86 bits per heavy atom. The zero-order valence-electron chi connectivity index (χ0n) is 12.2. The van der Waals surface area contributed by atoms with E-state index in [-0.39, 0.29) is 11.7 Å². The Kier molecular flexibility index (Phi) is 4.14. The Hall–Kier alpha value is -2.69. The number of phenolic OH excluding ortho intramolecular Hbond substituents is 1. The minimum absolute atomic E-state index is 0.0201. The summed E-state index contributed by atoms with van der Waals surface area (Å²) in [5, 5.41) is 9.88. The number of hydrogen-bond acceptors (Lipinski definition) is 4. The Morgan fingerprint density at radius 1 is 1.09 bits per heavy atom. The summed E-state index contributed by atoms with van der Waals surface area (Å²) < 4.78 is 5.17. The van der Waals surface area contributed by atoms with E-state index in [0.717, 1.165) is 5.69 Å². The second-order valence-electron chi connectivity index (χ2n) is 5.15. The predicted octanol–water partition coefficient (Wildman–Crippen LogP) is 2.35. The lowest BCUT2D eigenvalue weighted by Crippen LogP contribution is -2.48. The van der Waals surface area contributed by atoms with Crippen LogP contribution in [0.2, 0.25) is 0 Å². The van der Waals surface area contributed by atoms with Crippen LogP contribution >= 0.6 is 0 Å². The third-order valence-electron chi connectivity index (χ3n) is 3.75. The van der Waals surface area contributed by atoms with E-state index in [2.05, 4.69) is 4.90 Å². The van der Waals surface area contributed by atoms with Gasteiger partial charge in [0.1, 0.15) is 11.5 Å². The van der Waals surface area contributed by atoms with Gasteiger partial charge in [-0.1, -0.05) is 12.1 Å². The highest BCUT2D eigenvalue weighted by molar-refractivity contribution is 5.91. The highest BCUT2D eigenvalue weighted by Crippen LogP contribution is 2.27. The Bertz CT molecular complexity index is 656. The molecule has 1 aliphatic rings. The van der Waals surface area contributed by atoms with Crippen LogP contribution in [0.15, 0.2) is 53.2 Å². The summed E-state index contributed by atoms with van der Waals surface area (Å²) in [6.07, 6.45) is 4.79. The van der Waals surface area contributed by atoms with Crippen LogP contribution in [0.1, 0.15) is 5.76 Å². The van der Waals surface area contributed by atoms with Crippen LogP contribution in [-0.2, 0) is 4.79 Å². The Labute approximate surface area is 129 Å². The summed E-state index contributed by atoms with van der Waals surface area (Å²) in [6, 6.07) is 10.9. The van der Waals surface area contributed by atoms with E-state index >= 15 is 0 Å². The van der Waals surface area contributed by atoms with Crippen molar-refractivity contribution in [1.29, 1.82) is 0 Å². The maximum absolute atomic E-state index is 12.1. The number of hydrogen-bond donors (Lipinski definition) is 1. The number of benzene rings is 1. The average Bonchev–Trinajstić information content (AvgIpc) is 3.07. The molecule has 2 heterocycles. The molecule has 2 aromatic rings. The molecule has 3 rings (SSSR count). The molecule has 1 N–H and O–H groups in total. The number of carbonyl (C=O) groups excluding carboxylic acids is 1. The number of carbonyl (C=O) groups is 1. The van der Waals surface area contributed by atoms with Crippen molar-refractivity contribution in [3.05, 3.63) is 54.5 Å². The SMILES string of the molecule is O=C(C=Cc1ccco1)N1CCN(c2ccccc2O)CC1. The van der Waals surface area contributed by atoms with Gasteiger partial charge in [0.2, 0.25) is 5.91 Å².